The molecule has 0 saturated carbocycles. The van der Waals surface area contributed by atoms with Gasteiger partial charge in [0.2, 0.25) is 5.91 Å². The van der Waals surface area contributed by atoms with Gasteiger partial charge in [-0.3, -0.25) is 4.79 Å². The van der Waals surface area contributed by atoms with Gasteiger partial charge in [0, 0.05) is 37.1 Å². The van der Waals surface area contributed by atoms with Gasteiger partial charge >= 0.3 is 0 Å². The number of nitrogens with zero attached hydrogens (tertiary/aromatic N) is 3. The van der Waals surface area contributed by atoms with Crippen LogP contribution in [-0.2, 0) is 11.3 Å². The summed E-state index contributed by atoms with van der Waals surface area (Å²) in [4.78, 5) is 16.0. The fraction of sp³-hybridized carbons (Fsp3) is 0.400. The van der Waals surface area contributed by atoms with Crippen molar-refractivity contribution in [2.45, 2.75) is 19.0 Å². The van der Waals surface area contributed by atoms with Gasteiger partial charge in [-0.25, -0.2) is 9.67 Å². The number of carbonyl (C=O) groups excluding carboxylic acids is 1. The highest BCUT2D eigenvalue weighted by Gasteiger charge is 2.16. The van der Waals surface area contributed by atoms with E-state index in [-0.39, 0.29) is 18.3 Å². The van der Waals surface area contributed by atoms with Gasteiger partial charge in [-0.15, -0.1) is 12.4 Å². The molecule has 2 aromatic rings. The molecule has 2 N–H and O–H groups in total. The summed E-state index contributed by atoms with van der Waals surface area (Å²) in [5.74, 6) is 2.23. The number of benzene rings is 1. The standard InChI is InChI=1S/C15H19N5OS.ClH/c21-15(7-13-9-22-5-4-17-13)18-8-12-2-1-3-14(6-12)20-11-16-10-19-20;/h1-3,6,10-11,13,17H,4-5,7-9H2,(H,18,21);1H. The molecular weight excluding hydrogens is 334 g/mol. The highest BCUT2D eigenvalue weighted by atomic mass is 35.5. The molecule has 1 fully saturated rings. The maximum Gasteiger partial charge on any atom is 0.221 e. The van der Waals surface area contributed by atoms with E-state index in [2.05, 4.69) is 20.7 Å². The van der Waals surface area contributed by atoms with Gasteiger partial charge < -0.3 is 10.6 Å². The Morgan fingerprint density at radius 1 is 1.48 bits per heavy atom. The third kappa shape index (κ3) is 5.23. The van der Waals surface area contributed by atoms with Crippen molar-refractivity contribution in [2.24, 2.45) is 0 Å². The smallest absolute Gasteiger partial charge is 0.221 e. The molecule has 8 heteroatoms. The Morgan fingerprint density at radius 3 is 3.13 bits per heavy atom. The zero-order chi connectivity index (χ0) is 15.2. The van der Waals surface area contributed by atoms with Crippen LogP contribution in [-0.4, -0.2) is 44.8 Å². The van der Waals surface area contributed by atoms with Gasteiger partial charge in [-0.2, -0.15) is 16.9 Å². The van der Waals surface area contributed by atoms with Crippen molar-refractivity contribution in [3.05, 3.63) is 42.5 Å². The lowest BCUT2D eigenvalue weighted by Gasteiger charge is -2.22. The molecular formula is C15H20ClN5OS. The first-order valence-corrected chi connectivity index (χ1v) is 8.48. The summed E-state index contributed by atoms with van der Waals surface area (Å²) in [5.41, 5.74) is 1.99. The fourth-order valence-corrected chi connectivity index (χ4v) is 3.35. The molecule has 1 amide bonds. The minimum Gasteiger partial charge on any atom is -0.352 e. The normalized spacial score (nSPS) is 17.3. The topological polar surface area (TPSA) is 71.8 Å². The zero-order valence-corrected chi connectivity index (χ0v) is 14.3. The Morgan fingerprint density at radius 2 is 2.39 bits per heavy atom. The quantitative estimate of drug-likeness (QED) is 0.850. The van der Waals surface area contributed by atoms with E-state index in [1.807, 2.05) is 36.0 Å². The number of aromatic nitrogens is 3. The minimum atomic E-state index is 0. The van der Waals surface area contributed by atoms with Crippen LogP contribution in [0.2, 0.25) is 0 Å². The van der Waals surface area contributed by atoms with Crippen LogP contribution in [0.15, 0.2) is 36.9 Å². The molecule has 23 heavy (non-hydrogen) atoms. The van der Waals surface area contributed by atoms with E-state index in [1.54, 1.807) is 11.0 Å². The van der Waals surface area contributed by atoms with Crippen molar-refractivity contribution < 1.29 is 4.79 Å². The van der Waals surface area contributed by atoms with E-state index in [0.717, 1.165) is 29.3 Å². The van der Waals surface area contributed by atoms with Crippen LogP contribution in [0.25, 0.3) is 5.69 Å². The third-order valence-corrected chi connectivity index (χ3v) is 4.64. The van der Waals surface area contributed by atoms with Crippen molar-refractivity contribution in [1.29, 1.82) is 0 Å². The SMILES string of the molecule is Cl.O=C(CC1CSCCN1)NCc1cccc(-n2cncn2)c1. The molecule has 2 heterocycles. The summed E-state index contributed by atoms with van der Waals surface area (Å²) in [6.07, 6.45) is 3.70. The highest BCUT2D eigenvalue weighted by molar-refractivity contribution is 7.99. The molecule has 0 bridgehead atoms. The van der Waals surface area contributed by atoms with Gasteiger partial charge in [0.05, 0.1) is 5.69 Å². The Balaban J connectivity index is 0.00000192. The van der Waals surface area contributed by atoms with Crippen LogP contribution in [0.1, 0.15) is 12.0 Å². The lowest BCUT2D eigenvalue weighted by molar-refractivity contribution is -0.121. The van der Waals surface area contributed by atoms with Crippen molar-refractivity contribution >= 4 is 30.1 Å². The first-order chi connectivity index (χ1) is 10.8. The Labute approximate surface area is 145 Å². The number of hydrogen-bond donors (Lipinski definition) is 2. The average Bonchev–Trinajstić information content (AvgIpc) is 3.09. The van der Waals surface area contributed by atoms with E-state index in [9.17, 15) is 4.79 Å². The van der Waals surface area contributed by atoms with Crippen LogP contribution in [0, 0.1) is 0 Å². The molecule has 0 spiro atoms. The van der Waals surface area contributed by atoms with E-state index in [1.165, 1.54) is 6.33 Å². The van der Waals surface area contributed by atoms with Crippen molar-refractivity contribution in [3.8, 4) is 5.69 Å². The second kappa shape index (κ2) is 8.90. The van der Waals surface area contributed by atoms with E-state index < -0.39 is 0 Å². The molecule has 0 radical (unpaired) electrons. The minimum absolute atomic E-state index is 0. The van der Waals surface area contributed by atoms with Crippen molar-refractivity contribution in [2.75, 3.05) is 18.1 Å². The van der Waals surface area contributed by atoms with Crippen LogP contribution in [0.4, 0.5) is 0 Å². The number of thioether (sulfide) groups is 1. The van der Waals surface area contributed by atoms with Gasteiger partial charge in [0.15, 0.2) is 0 Å². The summed E-state index contributed by atoms with van der Waals surface area (Å²) >= 11 is 1.90. The molecule has 1 aromatic heterocycles. The summed E-state index contributed by atoms with van der Waals surface area (Å²) in [5, 5.41) is 10.5. The lowest BCUT2D eigenvalue weighted by Crippen LogP contribution is -2.41. The lowest BCUT2D eigenvalue weighted by atomic mass is 10.2. The van der Waals surface area contributed by atoms with E-state index in [0.29, 0.717) is 19.0 Å². The molecule has 6 nitrogen and oxygen atoms in total. The van der Waals surface area contributed by atoms with Gasteiger partial charge in [-0.1, -0.05) is 12.1 Å². The summed E-state index contributed by atoms with van der Waals surface area (Å²) in [7, 11) is 0. The molecule has 1 atom stereocenters. The third-order valence-electron chi connectivity index (χ3n) is 3.51. The zero-order valence-electron chi connectivity index (χ0n) is 12.6. The molecule has 1 aliphatic rings. The Bertz CT molecular complexity index is 616. The number of halogens is 1. The van der Waals surface area contributed by atoms with Crippen LogP contribution in [0.5, 0.6) is 0 Å². The molecule has 1 saturated heterocycles. The van der Waals surface area contributed by atoms with Gasteiger partial charge in [0.25, 0.3) is 0 Å². The van der Waals surface area contributed by atoms with Gasteiger partial charge in [0.1, 0.15) is 12.7 Å². The molecule has 0 aliphatic carbocycles. The maximum atomic E-state index is 12.0. The first kappa shape index (κ1) is 17.8. The van der Waals surface area contributed by atoms with Crippen LogP contribution in [0.3, 0.4) is 0 Å². The maximum absolute atomic E-state index is 12.0. The summed E-state index contributed by atoms with van der Waals surface area (Å²) in [6.45, 7) is 1.52. The van der Waals surface area contributed by atoms with Crippen molar-refractivity contribution in [1.82, 2.24) is 25.4 Å². The monoisotopic (exact) mass is 353 g/mol. The predicted octanol–water partition coefficient (Wildman–Crippen LogP) is 1.40. The molecule has 1 aliphatic heterocycles. The van der Waals surface area contributed by atoms with E-state index in [4.69, 9.17) is 0 Å². The highest BCUT2D eigenvalue weighted by Crippen LogP contribution is 2.11. The van der Waals surface area contributed by atoms with Crippen molar-refractivity contribution in [3.63, 3.8) is 0 Å². The number of rotatable bonds is 5. The average molecular weight is 354 g/mol. The Hall–Kier alpha value is -1.57. The van der Waals surface area contributed by atoms with Crippen LogP contribution < -0.4 is 10.6 Å². The molecule has 3 rings (SSSR count). The number of nitrogens with one attached hydrogen (secondary N) is 2. The first-order valence-electron chi connectivity index (χ1n) is 7.33. The fourth-order valence-electron chi connectivity index (χ4n) is 2.40. The van der Waals surface area contributed by atoms with E-state index >= 15 is 0 Å². The van der Waals surface area contributed by atoms with Gasteiger partial charge in [-0.05, 0) is 17.7 Å². The summed E-state index contributed by atoms with van der Waals surface area (Å²) < 4.78 is 1.70. The predicted molar refractivity (Wildman–Crippen MR) is 94.2 cm³/mol. The Kier molecular flexibility index (Phi) is 6.88. The molecule has 1 aromatic carbocycles. The number of carbonyl (C=O) groups is 1. The van der Waals surface area contributed by atoms with Crippen LogP contribution >= 0.6 is 24.2 Å². The molecule has 1 unspecified atom stereocenters. The summed E-state index contributed by atoms with van der Waals surface area (Å²) in [6, 6.07) is 8.21. The number of amides is 1. The molecule has 124 valence electrons. The largest absolute Gasteiger partial charge is 0.352 e. The number of hydrogen-bond acceptors (Lipinski definition) is 5. The second-order valence-electron chi connectivity index (χ2n) is 5.22. The second-order valence-corrected chi connectivity index (χ2v) is 6.37.